The van der Waals surface area contributed by atoms with Crippen molar-refractivity contribution in [2.75, 3.05) is 12.8 Å². The van der Waals surface area contributed by atoms with Gasteiger partial charge in [0.15, 0.2) is 5.50 Å². The van der Waals surface area contributed by atoms with Gasteiger partial charge >= 0.3 is 0 Å². The molecule has 2 unspecified atom stereocenters. The Labute approximate surface area is 114 Å². The van der Waals surface area contributed by atoms with E-state index in [0.717, 1.165) is 17.1 Å². The van der Waals surface area contributed by atoms with Crippen LogP contribution < -0.4 is 5.32 Å². The van der Waals surface area contributed by atoms with Crippen molar-refractivity contribution in [2.24, 2.45) is 4.99 Å². The second-order valence-corrected chi connectivity index (χ2v) is 6.05. The zero-order chi connectivity index (χ0) is 12.6. The van der Waals surface area contributed by atoms with E-state index in [0.29, 0.717) is 13.0 Å². The fraction of sp³-hybridized carbons (Fsp3) is 0.636. The van der Waals surface area contributed by atoms with Gasteiger partial charge in [-0.05, 0) is 26.5 Å². The molecule has 0 radical (unpaired) electrons. The van der Waals surface area contributed by atoms with Crippen LogP contribution in [-0.2, 0) is 4.79 Å². The van der Waals surface area contributed by atoms with E-state index in [9.17, 15) is 4.79 Å². The van der Waals surface area contributed by atoms with Gasteiger partial charge in [-0.15, -0.1) is 11.8 Å². The lowest BCUT2D eigenvalue weighted by Crippen LogP contribution is -2.49. The molecule has 1 amide bonds. The predicted octanol–water partition coefficient (Wildman–Crippen LogP) is 1.92. The van der Waals surface area contributed by atoms with E-state index in [1.54, 1.807) is 16.7 Å². The minimum absolute atomic E-state index is 0.0162. The number of allylic oxidation sites excluding steroid dienone is 1. The standard InChI is InChI=1S/C11H16BrN3OS/c1-4-15-9-7(5-8(12)10(15)16)6(2)13-11(14-9)17-3/h8,11,14H,4-5H2,1-3H3. The summed E-state index contributed by atoms with van der Waals surface area (Å²) in [6.07, 6.45) is 2.72. The summed E-state index contributed by atoms with van der Waals surface area (Å²) >= 11 is 5.08. The van der Waals surface area contributed by atoms with Gasteiger partial charge in [0.25, 0.3) is 0 Å². The number of aliphatic imine (C=N–C) groups is 1. The highest BCUT2D eigenvalue weighted by molar-refractivity contribution is 9.10. The first-order valence-electron chi connectivity index (χ1n) is 5.61. The van der Waals surface area contributed by atoms with Crippen molar-refractivity contribution < 1.29 is 4.79 Å². The Kier molecular flexibility index (Phi) is 3.82. The lowest BCUT2D eigenvalue weighted by Gasteiger charge is -2.37. The number of carbonyl (C=O) groups is 1. The highest BCUT2D eigenvalue weighted by Crippen LogP contribution is 2.31. The Morgan fingerprint density at radius 2 is 2.35 bits per heavy atom. The summed E-state index contributed by atoms with van der Waals surface area (Å²) in [6.45, 7) is 4.69. The first kappa shape index (κ1) is 13.0. The van der Waals surface area contributed by atoms with Crippen LogP contribution in [0, 0.1) is 0 Å². The van der Waals surface area contributed by atoms with E-state index < -0.39 is 0 Å². The van der Waals surface area contributed by atoms with Gasteiger partial charge < -0.3 is 5.32 Å². The molecule has 0 fully saturated rings. The summed E-state index contributed by atoms with van der Waals surface area (Å²) in [6, 6.07) is 0. The molecule has 0 saturated heterocycles. The first-order chi connectivity index (χ1) is 8.08. The maximum atomic E-state index is 12.1. The van der Waals surface area contributed by atoms with Gasteiger partial charge in [-0.3, -0.25) is 14.7 Å². The second-order valence-electron chi connectivity index (χ2n) is 4.03. The van der Waals surface area contributed by atoms with Gasteiger partial charge in [0.1, 0.15) is 5.82 Å². The van der Waals surface area contributed by atoms with E-state index in [4.69, 9.17) is 0 Å². The lowest BCUT2D eigenvalue weighted by atomic mass is 10.00. The molecule has 1 N–H and O–H groups in total. The van der Waals surface area contributed by atoms with Crippen LogP contribution in [0.3, 0.4) is 0 Å². The average molecular weight is 318 g/mol. The SMILES string of the molecule is CCN1C(=O)C(Br)CC2=C1NC(SC)N=C2C. The normalized spacial score (nSPS) is 28.8. The Balaban J connectivity index is 2.39. The van der Waals surface area contributed by atoms with Crippen molar-refractivity contribution in [3.63, 3.8) is 0 Å². The number of halogens is 1. The van der Waals surface area contributed by atoms with E-state index in [-0.39, 0.29) is 16.2 Å². The van der Waals surface area contributed by atoms with Crippen LogP contribution in [0.2, 0.25) is 0 Å². The van der Waals surface area contributed by atoms with Crippen molar-refractivity contribution in [3.8, 4) is 0 Å². The third kappa shape index (κ3) is 2.25. The number of hydrogen-bond acceptors (Lipinski definition) is 4. The molecule has 2 aliphatic rings. The maximum absolute atomic E-state index is 12.1. The number of alkyl halides is 1. The number of hydrogen-bond donors (Lipinski definition) is 1. The van der Waals surface area contributed by atoms with Crippen LogP contribution in [0.15, 0.2) is 16.4 Å². The minimum Gasteiger partial charge on any atom is -0.341 e. The number of amides is 1. The predicted molar refractivity (Wildman–Crippen MR) is 75.3 cm³/mol. The van der Waals surface area contributed by atoms with E-state index >= 15 is 0 Å². The highest BCUT2D eigenvalue weighted by atomic mass is 79.9. The topological polar surface area (TPSA) is 44.7 Å². The number of rotatable bonds is 2. The molecular formula is C11H16BrN3OS. The Hall–Kier alpha value is -0.490. The molecule has 6 heteroatoms. The van der Waals surface area contributed by atoms with E-state index in [1.165, 1.54) is 0 Å². The van der Waals surface area contributed by atoms with Crippen molar-refractivity contribution in [3.05, 3.63) is 11.4 Å². The zero-order valence-corrected chi connectivity index (χ0v) is 12.6. The monoisotopic (exact) mass is 317 g/mol. The number of nitrogens with zero attached hydrogens (tertiary/aromatic N) is 2. The molecule has 0 aliphatic carbocycles. The molecule has 0 saturated carbocycles. The lowest BCUT2D eigenvalue weighted by molar-refractivity contribution is -0.129. The molecule has 2 aliphatic heterocycles. The molecule has 4 nitrogen and oxygen atoms in total. The smallest absolute Gasteiger partial charge is 0.242 e. The molecule has 0 bridgehead atoms. The summed E-state index contributed by atoms with van der Waals surface area (Å²) in [4.78, 5) is 18.3. The van der Waals surface area contributed by atoms with Crippen LogP contribution in [0.5, 0.6) is 0 Å². The number of carbonyl (C=O) groups excluding carboxylic acids is 1. The van der Waals surface area contributed by atoms with E-state index in [1.807, 2.05) is 20.1 Å². The molecule has 2 rings (SSSR count). The Morgan fingerprint density at radius 3 is 2.94 bits per heavy atom. The van der Waals surface area contributed by atoms with Gasteiger partial charge in [-0.25, -0.2) is 0 Å². The van der Waals surface area contributed by atoms with Crippen LogP contribution in [0.4, 0.5) is 0 Å². The summed E-state index contributed by atoms with van der Waals surface area (Å²) < 4.78 is 0. The quantitative estimate of drug-likeness (QED) is 0.791. The first-order valence-corrected chi connectivity index (χ1v) is 7.81. The van der Waals surface area contributed by atoms with E-state index in [2.05, 4.69) is 26.2 Å². The maximum Gasteiger partial charge on any atom is 0.242 e. The van der Waals surface area contributed by atoms with Crippen LogP contribution in [0.25, 0.3) is 0 Å². The van der Waals surface area contributed by atoms with Gasteiger partial charge in [0, 0.05) is 17.8 Å². The molecule has 17 heavy (non-hydrogen) atoms. The Morgan fingerprint density at radius 1 is 1.65 bits per heavy atom. The second kappa shape index (κ2) is 5.02. The molecule has 0 aromatic carbocycles. The molecule has 2 atom stereocenters. The third-order valence-electron chi connectivity index (χ3n) is 3.02. The highest BCUT2D eigenvalue weighted by Gasteiger charge is 2.35. The van der Waals surface area contributed by atoms with Crippen LogP contribution >= 0.6 is 27.7 Å². The molecule has 0 aromatic rings. The molecule has 0 aromatic heterocycles. The van der Waals surface area contributed by atoms with Gasteiger partial charge in [0.05, 0.1) is 4.83 Å². The largest absolute Gasteiger partial charge is 0.341 e. The molecule has 2 heterocycles. The third-order valence-corrected chi connectivity index (χ3v) is 4.41. The van der Waals surface area contributed by atoms with Crippen LogP contribution in [0.1, 0.15) is 20.3 Å². The molecular weight excluding hydrogens is 302 g/mol. The summed E-state index contributed by atoms with van der Waals surface area (Å²) in [7, 11) is 0. The molecule has 0 spiro atoms. The van der Waals surface area contributed by atoms with Crippen molar-refractivity contribution in [1.82, 2.24) is 10.2 Å². The van der Waals surface area contributed by atoms with Gasteiger partial charge in [-0.2, -0.15) is 0 Å². The van der Waals surface area contributed by atoms with Gasteiger partial charge in [0.2, 0.25) is 5.91 Å². The zero-order valence-electron chi connectivity index (χ0n) is 10.2. The van der Waals surface area contributed by atoms with Gasteiger partial charge in [-0.1, -0.05) is 15.9 Å². The van der Waals surface area contributed by atoms with Crippen molar-refractivity contribution in [1.29, 1.82) is 0 Å². The average Bonchev–Trinajstić information content (AvgIpc) is 2.32. The fourth-order valence-electron chi connectivity index (χ4n) is 2.12. The van der Waals surface area contributed by atoms with Crippen molar-refractivity contribution >= 4 is 39.3 Å². The summed E-state index contributed by atoms with van der Waals surface area (Å²) in [5.74, 6) is 1.08. The minimum atomic E-state index is -0.126. The van der Waals surface area contributed by atoms with Crippen LogP contribution in [-0.4, -0.2) is 39.6 Å². The Bertz CT molecular complexity index is 408. The fourth-order valence-corrected chi connectivity index (χ4v) is 3.18. The number of thioether (sulfide) groups is 1. The molecule has 94 valence electrons. The summed E-state index contributed by atoms with van der Waals surface area (Å²) in [5, 5.41) is 3.33. The van der Waals surface area contributed by atoms with Crippen molar-refractivity contribution in [2.45, 2.75) is 30.6 Å². The number of nitrogens with one attached hydrogen (secondary N) is 1. The summed E-state index contributed by atoms with van der Waals surface area (Å²) in [5.41, 5.74) is 2.20.